The fraction of sp³-hybridized carbons (Fsp3) is 0.182. The molecule has 0 aliphatic heterocycles. The van der Waals surface area contributed by atoms with Gasteiger partial charge >= 0.3 is 0 Å². The van der Waals surface area contributed by atoms with Crippen molar-refractivity contribution in [3.05, 3.63) is 84.9 Å². The van der Waals surface area contributed by atoms with E-state index in [0.29, 0.717) is 0 Å². The Morgan fingerprint density at radius 1 is 0.538 bits per heavy atom. The molecular formula is C22H24O2Si2. The van der Waals surface area contributed by atoms with Crippen molar-refractivity contribution in [2.45, 2.75) is 0 Å². The van der Waals surface area contributed by atoms with E-state index in [4.69, 9.17) is 9.47 Å². The van der Waals surface area contributed by atoms with E-state index in [1.807, 2.05) is 0 Å². The highest BCUT2D eigenvalue weighted by Gasteiger charge is 2.26. The Hall–Kier alpha value is -1.99. The van der Waals surface area contributed by atoms with Gasteiger partial charge in [0, 0.05) is 26.7 Å². The maximum atomic E-state index is 5.64. The first-order valence-electron chi connectivity index (χ1n) is 8.75. The van der Waals surface area contributed by atoms with Crippen molar-refractivity contribution in [3.8, 4) is 0 Å². The number of hydrogen-bond acceptors (Lipinski definition) is 2. The van der Waals surface area contributed by atoms with Gasteiger partial charge in [0.1, 0.15) is 17.6 Å². The molecule has 0 fully saturated rings. The van der Waals surface area contributed by atoms with Crippen molar-refractivity contribution in [1.82, 2.24) is 0 Å². The molecular weight excluding hydrogens is 352 g/mol. The van der Waals surface area contributed by atoms with Crippen molar-refractivity contribution in [2.75, 3.05) is 26.7 Å². The average molecular weight is 377 g/mol. The standard InChI is InChI=1S/C22H24O2Si2/c1-23-17-25(19-11-5-3-6-12-19)21-15-9-10-16-22(21)26(18-24-2)20-13-7-4-8-14-20/h3-16H,17-18H2,1-2H3. The zero-order chi connectivity index (χ0) is 18.2. The SMILES string of the molecule is COC[Si](c1ccccc1)c1ccccc1[Si](COC)c1ccccc1. The first-order chi connectivity index (χ1) is 12.8. The highest BCUT2D eigenvalue weighted by molar-refractivity contribution is 6.94. The summed E-state index contributed by atoms with van der Waals surface area (Å²) in [6, 6.07) is 30.4. The summed E-state index contributed by atoms with van der Waals surface area (Å²) in [5.41, 5.74) is 0. The largest absolute Gasteiger partial charge is 0.387 e. The molecule has 0 aliphatic carbocycles. The maximum Gasteiger partial charge on any atom is 0.150 e. The van der Waals surface area contributed by atoms with Crippen molar-refractivity contribution < 1.29 is 9.47 Å². The normalized spacial score (nSPS) is 11.2. The minimum Gasteiger partial charge on any atom is -0.387 e. The van der Waals surface area contributed by atoms with Crippen LogP contribution in [-0.4, -0.2) is 44.3 Å². The average Bonchev–Trinajstić information content (AvgIpc) is 2.72. The van der Waals surface area contributed by atoms with E-state index in [2.05, 4.69) is 84.9 Å². The van der Waals surface area contributed by atoms with Gasteiger partial charge in [0.05, 0.1) is 0 Å². The Bertz CT molecular complexity index is 725. The molecule has 0 N–H and O–H groups in total. The van der Waals surface area contributed by atoms with Gasteiger partial charge in [-0.1, -0.05) is 106 Å². The van der Waals surface area contributed by atoms with Gasteiger partial charge in [-0.2, -0.15) is 0 Å². The molecule has 0 saturated heterocycles. The molecule has 0 bridgehead atoms. The van der Waals surface area contributed by atoms with Crippen LogP contribution in [0.5, 0.6) is 0 Å². The third-order valence-corrected chi connectivity index (χ3v) is 10.0. The minimum atomic E-state index is -1.00. The predicted octanol–water partition coefficient (Wildman–Crippen LogP) is 1.28. The summed E-state index contributed by atoms with van der Waals surface area (Å²) in [6.45, 7) is 0. The van der Waals surface area contributed by atoms with Crippen LogP contribution in [0.1, 0.15) is 0 Å². The van der Waals surface area contributed by atoms with E-state index in [-0.39, 0.29) is 0 Å². The maximum absolute atomic E-state index is 5.64. The predicted molar refractivity (Wildman–Crippen MR) is 113 cm³/mol. The molecule has 2 nitrogen and oxygen atoms in total. The molecule has 132 valence electrons. The summed E-state index contributed by atoms with van der Waals surface area (Å²) in [5, 5.41) is 5.66. The topological polar surface area (TPSA) is 18.5 Å². The summed E-state index contributed by atoms with van der Waals surface area (Å²) in [6.07, 6.45) is 1.53. The van der Waals surface area contributed by atoms with Gasteiger partial charge in [-0.3, -0.25) is 0 Å². The lowest BCUT2D eigenvalue weighted by molar-refractivity contribution is 0.250. The Labute approximate surface area is 159 Å². The molecule has 0 atom stereocenters. The van der Waals surface area contributed by atoms with Gasteiger partial charge in [-0.25, -0.2) is 0 Å². The minimum absolute atomic E-state index is 0.766. The lowest BCUT2D eigenvalue weighted by Crippen LogP contribution is -2.60. The van der Waals surface area contributed by atoms with Crippen molar-refractivity contribution in [1.29, 1.82) is 0 Å². The van der Waals surface area contributed by atoms with Crippen LogP contribution in [0.3, 0.4) is 0 Å². The van der Waals surface area contributed by atoms with E-state index >= 15 is 0 Å². The van der Waals surface area contributed by atoms with Crippen molar-refractivity contribution in [3.63, 3.8) is 0 Å². The second-order valence-corrected chi connectivity index (χ2v) is 10.8. The molecule has 3 aromatic carbocycles. The fourth-order valence-corrected chi connectivity index (χ4v) is 8.56. The first-order valence-corrected chi connectivity index (χ1v) is 12.2. The third kappa shape index (κ3) is 4.40. The van der Waals surface area contributed by atoms with Gasteiger partial charge in [-0.15, -0.1) is 0 Å². The highest BCUT2D eigenvalue weighted by atomic mass is 28.3. The molecule has 0 spiro atoms. The second-order valence-electron chi connectivity index (χ2n) is 6.10. The number of methoxy groups -OCH3 is 2. The Morgan fingerprint density at radius 2 is 0.885 bits per heavy atom. The Balaban J connectivity index is 2.08. The van der Waals surface area contributed by atoms with Gasteiger partial charge in [0.25, 0.3) is 0 Å². The van der Waals surface area contributed by atoms with Crippen LogP contribution in [0.4, 0.5) is 0 Å². The summed E-state index contributed by atoms with van der Waals surface area (Å²) in [7, 11) is 1.60. The van der Waals surface area contributed by atoms with Crippen LogP contribution >= 0.6 is 0 Å². The lowest BCUT2D eigenvalue weighted by atomic mass is 10.3. The van der Waals surface area contributed by atoms with Crippen molar-refractivity contribution >= 4 is 38.3 Å². The molecule has 3 aromatic rings. The van der Waals surface area contributed by atoms with E-state index in [9.17, 15) is 0 Å². The van der Waals surface area contributed by atoms with Gasteiger partial charge in [0.15, 0.2) is 0 Å². The molecule has 2 radical (unpaired) electrons. The molecule has 4 heteroatoms. The molecule has 0 aliphatic rings. The van der Waals surface area contributed by atoms with E-state index in [1.54, 1.807) is 14.2 Å². The molecule has 0 amide bonds. The van der Waals surface area contributed by atoms with Crippen LogP contribution < -0.4 is 20.7 Å². The quantitative estimate of drug-likeness (QED) is 0.552. The van der Waals surface area contributed by atoms with E-state index in [1.165, 1.54) is 20.7 Å². The van der Waals surface area contributed by atoms with Crippen molar-refractivity contribution in [2.24, 2.45) is 0 Å². The molecule has 0 aromatic heterocycles. The summed E-state index contributed by atoms with van der Waals surface area (Å²) >= 11 is 0. The number of benzene rings is 3. The second kappa shape index (κ2) is 9.64. The fourth-order valence-electron chi connectivity index (χ4n) is 3.21. The number of rotatable bonds is 8. The lowest BCUT2D eigenvalue weighted by Gasteiger charge is -2.23. The van der Waals surface area contributed by atoms with Crippen LogP contribution in [0, 0.1) is 0 Å². The summed E-state index contributed by atoms with van der Waals surface area (Å²) < 4.78 is 11.3. The smallest absolute Gasteiger partial charge is 0.150 e. The van der Waals surface area contributed by atoms with Crippen LogP contribution in [0.15, 0.2) is 84.9 Å². The van der Waals surface area contributed by atoms with Gasteiger partial charge in [-0.05, 0) is 0 Å². The molecule has 0 saturated carbocycles. The monoisotopic (exact) mass is 376 g/mol. The zero-order valence-electron chi connectivity index (χ0n) is 15.3. The molecule has 0 unspecified atom stereocenters. The zero-order valence-corrected chi connectivity index (χ0v) is 17.3. The highest BCUT2D eigenvalue weighted by Crippen LogP contribution is 1.97. The number of hydrogen-bond donors (Lipinski definition) is 0. The molecule has 3 rings (SSSR count). The van der Waals surface area contributed by atoms with Gasteiger partial charge in [0.2, 0.25) is 0 Å². The summed E-state index contributed by atoms with van der Waals surface area (Å²) in [5.74, 6) is 0. The molecule has 0 heterocycles. The van der Waals surface area contributed by atoms with Crippen LogP contribution in [0.25, 0.3) is 0 Å². The van der Waals surface area contributed by atoms with Crippen LogP contribution in [0.2, 0.25) is 0 Å². The Morgan fingerprint density at radius 3 is 1.23 bits per heavy atom. The Kier molecular flexibility index (Phi) is 6.97. The molecule has 26 heavy (non-hydrogen) atoms. The first kappa shape index (κ1) is 18.8. The van der Waals surface area contributed by atoms with Crippen LogP contribution in [-0.2, 0) is 9.47 Å². The third-order valence-electron chi connectivity index (χ3n) is 4.40. The van der Waals surface area contributed by atoms with E-state index < -0.39 is 17.6 Å². The number of ether oxygens (including phenoxy) is 2. The van der Waals surface area contributed by atoms with Gasteiger partial charge < -0.3 is 9.47 Å². The summed E-state index contributed by atoms with van der Waals surface area (Å²) in [4.78, 5) is 0. The van der Waals surface area contributed by atoms with E-state index in [0.717, 1.165) is 12.5 Å².